The smallest absolute Gasteiger partial charge is 0.499 e. The van der Waals surface area contributed by atoms with Crippen molar-refractivity contribution in [2.45, 2.75) is 0 Å². The fraction of sp³-hybridized carbons (Fsp3) is 0.188. The van der Waals surface area contributed by atoms with E-state index in [0.717, 1.165) is 5.30 Å². The molecule has 4 nitrogen and oxygen atoms in total. The van der Waals surface area contributed by atoms with Crippen LogP contribution in [0.15, 0.2) is 36.4 Å². The van der Waals surface area contributed by atoms with E-state index in [1.165, 1.54) is 7.11 Å². The van der Waals surface area contributed by atoms with Crippen LogP contribution in [0.3, 0.4) is 0 Å². The van der Waals surface area contributed by atoms with Gasteiger partial charge in [0, 0.05) is 17.2 Å². The van der Waals surface area contributed by atoms with Gasteiger partial charge in [-0.3, -0.25) is 0 Å². The molecule has 0 N–H and O–H groups in total. The summed E-state index contributed by atoms with van der Waals surface area (Å²) in [5.41, 5.74) is 0.206. The molecular weight excluding hydrogens is 330 g/mol. The second kappa shape index (κ2) is 9.20. The molecule has 0 amide bonds. The maximum atomic E-state index is 12.6. The maximum Gasteiger partial charge on any atom is 1.00 e. The zero-order valence-electron chi connectivity index (χ0n) is 13.4. The fourth-order valence-corrected chi connectivity index (χ4v) is 3.22. The number of benzene rings is 2. The number of halogens is 1. The molecule has 0 saturated heterocycles. The molecule has 0 heterocycles. The number of rotatable bonds is 6. The Balaban J connectivity index is 0.00000264. The molecule has 2 aromatic rings. The number of carbonyl (C=O) groups excluding carboxylic acids is 1. The minimum Gasteiger partial charge on any atom is -0.499 e. The van der Waals surface area contributed by atoms with Crippen molar-refractivity contribution in [1.82, 2.24) is 0 Å². The SMILES string of the molecule is COc1ccc([P-]C(=O)c2c(Cl)cccc2OC)c(OC)c1.[Li+]. The van der Waals surface area contributed by atoms with Gasteiger partial charge in [-0.2, -0.15) is 5.30 Å². The molecule has 2 rings (SSSR count). The van der Waals surface area contributed by atoms with Gasteiger partial charge in [-0.25, -0.2) is 0 Å². The van der Waals surface area contributed by atoms with Gasteiger partial charge in [0.1, 0.15) is 11.5 Å². The largest absolute Gasteiger partial charge is 1.00 e. The Labute approximate surface area is 154 Å². The second-order valence-corrected chi connectivity index (χ2v) is 5.79. The molecular formula is C16H15ClLiO4P. The summed E-state index contributed by atoms with van der Waals surface area (Å²) in [5, 5.41) is 1.10. The van der Waals surface area contributed by atoms with Crippen LogP contribution < -0.4 is 38.4 Å². The zero-order valence-corrected chi connectivity index (χ0v) is 15.1. The van der Waals surface area contributed by atoms with Gasteiger partial charge in [0.05, 0.1) is 32.1 Å². The average molecular weight is 345 g/mol. The molecule has 0 aliphatic heterocycles. The first-order valence-electron chi connectivity index (χ1n) is 6.41. The van der Waals surface area contributed by atoms with Crippen LogP contribution in [0.1, 0.15) is 10.4 Å². The van der Waals surface area contributed by atoms with E-state index in [0.29, 0.717) is 36.4 Å². The summed E-state index contributed by atoms with van der Waals surface area (Å²) in [6.07, 6.45) is 0. The molecule has 0 unspecified atom stereocenters. The van der Waals surface area contributed by atoms with Crippen molar-refractivity contribution < 1.29 is 37.9 Å². The molecule has 0 spiro atoms. The van der Waals surface area contributed by atoms with Gasteiger partial charge in [-0.05, 0) is 18.2 Å². The molecule has 23 heavy (non-hydrogen) atoms. The topological polar surface area (TPSA) is 44.8 Å². The van der Waals surface area contributed by atoms with Crippen molar-refractivity contribution >= 4 is 31.0 Å². The molecule has 0 saturated carbocycles. The third kappa shape index (κ3) is 4.65. The monoisotopic (exact) mass is 344 g/mol. The molecule has 116 valence electrons. The predicted octanol–water partition coefficient (Wildman–Crippen LogP) is 0.782. The quantitative estimate of drug-likeness (QED) is 0.574. The Kier molecular flexibility index (Phi) is 7.95. The number of ether oxygens (including phenoxy) is 3. The first kappa shape index (κ1) is 19.9. The average Bonchev–Trinajstić information content (AvgIpc) is 2.54. The van der Waals surface area contributed by atoms with Gasteiger partial charge in [-0.15, -0.1) is 0 Å². The third-order valence-electron chi connectivity index (χ3n) is 3.02. The van der Waals surface area contributed by atoms with Crippen LogP contribution in [-0.4, -0.2) is 26.9 Å². The van der Waals surface area contributed by atoms with Crippen LogP contribution in [-0.2, 0) is 0 Å². The van der Waals surface area contributed by atoms with E-state index < -0.39 is 0 Å². The van der Waals surface area contributed by atoms with Crippen molar-refractivity contribution in [1.29, 1.82) is 0 Å². The Morgan fingerprint density at radius 2 is 1.70 bits per heavy atom. The molecule has 0 aliphatic rings. The van der Waals surface area contributed by atoms with Crippen LogP contribution in [0.5, 0.6) is 17.2 Å². The molecule has 0 radical (unpaired) electrons. The van der Waals surface area contributed by atoms with Gasteiger partial charge in [0.25, 0.3) is 0 Å². The van der Waals surface area contributed by atoms with Crippen LogP contribution in [0, 0.1) is 0 Å². The number of hydrogen-bond acceptors (Lipinski definition) is 4. The summed E-state index contributed by atoms with van der Waals surface area (Å²) < 4.78 is 15.7. The van der Waals surface area contributed by atoms with Crippen LogP contribution in [0.2, 0.25) is 5.02 Å². The molecule has 7 heteroatoms. The van der Waals surface area contributed by atoms with Crippen LogP contribution in [0.4, 0.5) is 0 Å². The van der Waals surface area contributed by atoms with Gasteiger partial charge < -0.3 is 27.6 Å². The van der Waals surface area contributed by atoms with Gasteiger partial charge in [-0.1, -0.05) is 23.7 Å². The fourth-order valence-electron chi connectivity index (χ4n) is 1.92. The van der Waals surface area contributed by atoms with E-state index in [9.17, 15) is 4.79 Å². The summed E-state index contributed by atoms with van der Waals surface area (Å²) >= 11 is 6.13. The number of hydrogen-bond donors (Lipinski definition) is 0. The summed E-state index contributed by atoms with van der Waals surface area (Å²) in [7, 11) is 5.08. The van der Waals surface area contributed by atoms with E-state index in [4.69, 9.17) is 25.8 Å². The van der Waals surface area contributed by atoms with E-state index in [-0.39, 0.29) is 24.4 Å². The van der Waals surface area contributed by atoms with Gasteiger partial charge >= 0.3 is 18.9 Å². The van der Waals surface area contributed by atoms with Crippen molar-refractivity contribution in [2.75, 3.05) is 21.3 Å². The summed E-state index contributed by atoms with van der Waals surface area (Å²) in [4.78, 5) is 12.6. The summed E-state index contributed by atoms with van der Waals surface area (Å²) in [5.74, 6) is 1.71. The third-order valence-corrected chi connectivity index (χ3v) is 4.37. The molecule has 0 fully saturated rings. The van der Waals surface area contributed by atoms with Crippen molar-refractivity contribution in [3.05, 3.63) is 47.0 Å². The van der Waals surface area contributed by atoms with Gasteiger partial charge in [0.2, 0.25) is 0 Å². The Morgan fingerprint density at radius 1 is 1.00 bits per heavy atom. The van der Waals surface area contributed by atoms with Crippen molar-refractivity contribution in [3.8, 4) is 17.2 Å². The normalized spacial score (nSPS) is 10.3. The van der Waals surface area contributed by atoms with Crippen LogP contribution >= 0.6 is 20.2 Å². The standard InChI is InChI=1S/C16H15ClO4P.Li/c1-19-10-7-8-14(13(9-10)21-3)22-16(18)15-11(17)5-4-6-12(15)20-2;/h4-9H,1-3H3;/q-1;+1. The van der Waals surface area contributed by atoms with E-state index >= 15 is 0 Å². The number of carbonyl (C=O) groups is 1. The number of methoxy groups -OCH3 is 3. The molecule has 0 aromatic heterocycles. The molecule has 2 aromatic carbocycles. The minimum atomic E-state index is -0.161. The van der Waals surface area contributed by atoms with Crippen molar-refractivity contribution in [3.63, 3.8) is 0 Å². The molecule has 0 atom stereocenters. The molecule has 0 aliphatic carbocycles. The van der Waals surface area contributed by atoms with E-state index in [1.807, 2.05) is 0 Å². The van der Waals surface area contributed by atoms with E-state index in [2.05, 4.69) is 0 Å². The first-order chi connectivity index (χ1) is 10.6. The summed E-state index contributed by atoms with van der Waals surface area (Å²) in [6, 6.07) is 10.4. The maximum absolute atomic E-state index is 12.6. The Morgan fingerprint density at radius 3 is 2.30 bits per heavy atom. The Bertz CT molecular complexity index is 694. The van der Waals surface area contributed by atoms with Crippen molar-refractivity contribution in [2.24, 2.45) is 0 Å². The molecule has 0 bridgehead atoms. The zero-order chi connectivity index (χ0) is 16.1. The predicted molar refractivity (Wildman–Crippen MR) is 88.4 cm³/mol. The summed E-state index contributed by atoms with van der Waals surface area (Å²) in [6.45, 7) is 0. The van der Waals surface area contributed by atoms with E-state index in [1.54, 1.807) is 50.6 Å². The first-order valence-corrected chi connectivity index (χ1v) is 7.68. The minimum absolute atomic E-state index is 0. The van der Waals surface area contributed by atoms with Crippen LogP contribution in [0.25, 0.3) is 0 Å². The second-order valence-electron chi connectivity index (χ2n) is 4.27. The Hall–Kier alpha value is -1.17. The van der Waals surface area contributed by atoms with Gasteiger partial charge in [0.15, 0.2) is 0 Å².